The molecule has 0 saturated carbocycles. The van der Waals surface area contributed by atoms with Crippen LogP contribution in [0.3, 0.4) is 0 Å². The SMILES string of the molecule is Cl.Cl.Cl.Cl.Cn1ccnc1NCc1cccnc1. The van der Waals surface area contributed by atoms with Gasteiger partial charge >= 0.3 is 0 Å². The Kier molecular flexibility index (Phi) is 14.3. The first-order chi connectivity index (χ1) is 6.86. The molecule has 2 rings (SSSR count). The number of nitrogens with zero attached hydrogens (tertiary/aromatic N) is 3. The topological polar surface area (TPSA) is 42.7 Å². The summed E-state index contributed by atoms with van der Waals surface area (Å²) in [6.45, 7) is 0.749. The molecule has 0 unspecified atom stereocenters. The first-order valence-corrected chi connectivity index (χ1v) is 4.46. The van der Waals surface area contributed by atoms with E-state index in [1.54, 1.807) is 12.4 Å². The smallest absolute Gasteiger partial charge is 0.202 e. The first kappa shape index (κ1) is 22.5. The molecule has 8 heteroatoms. The van der Waals surface area contributed by atoms with Crippen molar-refractivity contribution in [1.29, 1.82) is 0 Å². The molecule has 0 aliphatic rings. The van der Waals surface area contributed by atoms with Gasteiger partial charge in [-0.2, -0.15) is 0 Å². The van der Waals surface area contributed by atoms with E-state index in [1.165, 1.54) is 0 Å². The van der Waals surface area contributed by atoms with Crippen molar-refractivity contribution in [2.24, 2.45) is 7.05 Å². The molecular formula is C10H16Cl4N4. The molecule has 2 aromatic heterocycles. The molecule has 0 saturated heterocycles. The van der Waals surface area contributed by atoms with Crippen LogP contribution < -0.4 is 5.32 Å². The Morgan fingerprint density at radius 3 is 2.39 bits per heavy atom. The molecule has 18 heavy (non-hydrogen) atoms. The molecule has 0 bridgehead atoms. The largest absolute Gasteiger partial charge is 0.352 e. The molecule has 4 nitrogen and oxygen atoms in total. The third-order valence-electron chi connectivity index (χ3n) is 1.99. The molecule has 0 aliphatic carbocycles. The summed E-state index contributed by atoms with van der Waals surface area (Å²) in [5, 5.41) is 3.22. The molecule has 2 aromatic rings. The fourth-order valence-electron chi connectivity index (χ4n) is 1.22. The summed E-state index contributed by atoms with van der Waals surface area (Å²) in [5.41, 5.74) is 1.15. The predicted molar refractivity (Wildman–Crippen MR) is 83.8 cm³/mol. The lowest BCUT2D eigenvalue weighted by molar-refractivity contribution is 0.899. The lowest BCUT2D eigenvalue weighted by atomic mass is 10.3. The van der Waals surface area contributed by atoms with Crippen LogP contribution in [0.1, 0.15) is 5.56 Å². The van der Waals surface area contributed by atoms with Crippen molar-refractivity contribution in [2.75, 3.05) is 5.32 Å². The van der Waals surface area contributed by atoms with E-state index in [9.17, 15) is 0 Å². The number of imidazole rings is 1. The maximum Gasteiger partial charge on any atom is 0.202 e. The molecular weight excluding hydrogens is 318 g/mol. The van der Waals surface area contributed by atoms with Gasteiger partial charge in [-0.25, -0.2) is 4.98 Å². The van der Waals surface area contributed by atoms with Gasteiger partial charge in [0.2, 0.25) is 5.95 Å². The third-order valence-corrected chi connectivity index (χ3v) is 1.99. The molecule has 104 valence electrons. The molecule has 0 amide bonds. The molecule has 0 aromatic carbocycles. The second kappa shape index (κ2) is 11.4. The Morgan fingerprint density at radius 1 is 1.17 bits per heavy atom. The highest BCUT2D eigenvalue weighted by molar-refractivity contribution is 5.86. The van der Waals surface area contributed by atoms with Gasteiger partial charge in [-0.15, -0.1) is 49.6 Å². The van der Waals surface area contributed by atoms with Crippen LogP contribution >= 0.6 is 49.6 Å². The summed E-state index contributed by atoms with van der Waals surface area (Å²) >= 11 is 0. The maximum absolute atomic E-state index is 4.16. The van der Waals surface area contributed by atoms with Crippen molar-refractivity contribution in [2.45, 2.75) is 6.54 Å². The van der Waals surface area contributed by atoms with Gasteiger partial charge in [0.1, 0.15) is 0 Å². The Hall–Kier alpha value is -0.680. The second-order valence-corrected chi connectivity index (χ2v) is 3.08. The van der Waals surface area contributed by atoms with Crippen LogP contribution in [0.15, 0.2) is 36.9 Å². The number of halogens is 4. The zero-order valence-electron chi connectivity index (χ0n) is 9.65. The minimum Gasteiger partial charge on any atom is -0.352 e. The number of pyridine rings is 1. The number of anilines is 1. The number of aryl methyl sites for hydroxylation is 1. The molecule has 0 aliphatic heterocycles. The minimum absolute atomic E-state index is 0. The Labute approximate surface area is 131 Å². The summed E-state index contributed by atoms with van der Waals surface area (Å²) < 4.78 is 1.94. The van der Waals surface area contributed by atoms with Crippen LogP contribution in [0.4, 0.5) is 5.95 Å². The lowest BCUT2D eigenvalue weighted by Crippen LogP contribution is -2.04. The van der Waals surface area contributed by atoms with Gasteiger partial charge in [0.15, 0.2) is 0 Å². The third kappa shape index (κ3) is 6.31. The number of hydrogen-bond acceptors (Lipinski definition) is 3. The monoisotopic (exact) mass is 332 g/mol. The first-order valence-electron chi connectivity index (χ1n) is 4.46. The number of rotatable bonds is 3. The van der Waals surface area contributed by atoms with E-state index < -0.39 is 0 Å². The molecule has 0 fully saturated rings. The van der Waals surface area contributed by atoms with Crippen molar-refractivity contribution in [3.63, 3.8) is 0 Å². The van der Waals surface area contributed by atoms with Crippen molar-refractivity contribution in [3.05, 3.63) is 42.5 Å². The fraction of sp³-hybridized carbons (Fsp3) is 0.200. The van der Waals surface area contributed by atoms with Crippen molar-refractivity contribution >= 4 is 55.6 Å². The highest BCUT2D eigenvalue weighted by atomic mass is 35.5. The summed E-state index contributed by atoms with van der Waals surface area (Å²) in [6, 6.07) is 3.96. The van der Waals surface area contributed by atoms with Crippen molar-refractivity contribution in [3.8, 4) is 0 Å². The summed E-state index contributed by atoms with van der Waals surface area (Å²) in [7, 11) is 1.96. The van der Waals surface area contributed by atoms with Gasteiger partial charge in [-0.05, 0) is 11.6 Å². The van der Waals surface area contributed by atoms with E-state index in [0.717, 1.165) is 18.1 Å². The van der Waals surface area contributed by atoms with Gasteiger partial charge in [0.25, 0.3) is 0 Å². The van der Waals surface area contributed by atoms with Crippen LogP contribution in [0.5, 0.6) is 0 Å². The van der Waals surface area contributed by atoms with E-state index in [2.05, 4.69) is 15.3 Å². The van der Waals surface area contributed by atoms with Crippen LogP contribution in [-0.2, 0) is 13.6 Å². The van der Waals surface area contributed by atoms with Gasteiger partial charge in [0.05, 0.1) is 0 Å². The number of nitrogens with one attached hydrogen (secondary N) is 1. The van der Waals surface area contributed by atoms with E-state index in [-0.39, 0.29) is 49.6 Å². The fourth-order valence-corrected chi connectivity index (χ4v) is 1.22. The molecule has 1 N–H and O–H groups in total. The minimum atomic E-state index is 0. The van der Waals surface area contributed by atoms with Gasteiger partial charge in [-0.1, -0.05) is 6.07 Å². The lowest BCUT2D eigenvalue weighted by Gasteiger charge is -2.04. The van der Waals surface area contributed by atoms with Crippen LogP contribution in [0, 0.1) is 0 Å². The van der Waals surface area contributed by atoms with E-state index in [4.69, 9.17) is 0 Å². The maximum atomic E-state index is 4.16. The number of aromatic nitrogens is 3. The summed E-state index contributed by atoms with van der Waals surface area (Å²) in [5.74, 6) is 0.869. The highest BCUT2D eigenvalue weighted by Crippen LogP contribution is 2.03. The molecule has 0 atom stereocenters. The normalized spacial score (nSPS) is 7.83. The highest BCUT2D eigenvalue weighted by Gasteiger charge is 1.97. The van der Waals surface area contributed by atoms with Crippen molar-refractivity contribution in [1.82, 2.24) is 14.5 Å². The predicted octanol–water partition coefficient (Wildman–Crippen LogP) is 3.11. The molecule has 0 radical (unpaired) electrons. The van der Waals surface area contributed by atoms with Gasteiger partial charge in [-0.3, -0.25) is 4.98 Å². The van der Waals surface area contributed by atoms with E-state index in [1.807, 2.05) is 36.1 Å². The van der Waals surface area contributed by atoms with Crippen LogP contribution in [0.25, 0.3) is 0 Å². The van der Waals surface area contributed by atoms with Crippen molar-refractivity contribution < 1.29 is 0 Å². The Balaban J connectivity index is -0.000000562. The molecule has 2 heterocycles. The number of hydrogen-bond donors (Lipinski definition) is 1. The van der Waals surface area contributed by atoms with E-state index in [0.29, 0.717) is 0 Å². The Bertz CT molecular complexity index is 407. The summed E-state index contributed by atoms with van der Waals surface area (Å²) in [4.78, 5) is 8.20. The Morgan fingerprint density at radius 2 is 1.89 bits per heavy atom. The van der Waals surface area contributed by atoms with Gasteiger partial charge < -0.3 is 9.88 Å². The van der Waals surface area contributed by atoms with Crippen LogP contribution in [-0.4, -0.2) is 14.5 Å². The average molecular weight is 334 g/mol. The summed E-state index contributed by atoms with van der Waals surface area (Å²) in [6.07, 6.45) is 7.29. The van der Waals surface area contributed by atoms with Crippen LogP contribution in [0.2, 0.25) is 0 Å². The van der Waals surface area contributed by atoms with E-state index >= 15 is 0 Å². The van der Waals surface area contributed by atoms with Gasteiger partial charge in [0, 0.05) is 38.4 Å². The average Bonchev–Trinajstić information content (AvgIpc) is 2.63. The second-order valence-electron chi connectivity index (χ2n) is 3.08. The zero-order chi connectivity index (χ0) is 9.80. The standard InChI is InChI=1S/C10H12N4.4ClH/c1-14-6-5-12-10(14)13-8-9-3-2-4-11-7-9;;;;/h2-7H,8H2,1H3,(H,12,13);4*1H. The quantitative estimate of drug-likeness (QED) is 0.938. The zero-order valence-corrected chi connectivity index (χ0v) is 12.9. The molecule has 0 spiro atoms.